The second kappa shape index (κ2) is 3.38. The monoisotopic (exact) mass is 188 g/mol. The SMILES string of the molecule is C[C@H]([NH-])c1ccc(C(F)(F)F)cc1. The average molecular weight is 188 g/mol. The molecule has 0 aliphatic heterocycles. The van der Waals surface area contributed by atoms with E-state index in [9.17, 15) is 13.2 Å². The van der Waals surface area contributed by atoms with Crippen LogP contribution in [0.25, 0.3) is 5.73 Å². The number of nitrogens with one attached hydrogen (secondary N) is 1. The van der Waals surface area contributed by atoms with Crippen LogP contribution in [0.2, 0.25) is 0 Å². The summed E-state index contributed by atoms with van der Waals surface area (Å²) in [5.74, 6) is 0. The van der Waals surface area contributed by atoms with Crippen molar-refractivity contribution in [1.82, 2.24) is 0 Å². The molecule has 1 atom stereocenters. The van der Waals surface area contributed by atoms with E-state index >= 15 is 0 Å². The zero-order chi connectivity index (χ0) is 10.1. The van der Waals surface area contributed by atoms with Gasteiger partial charge in [0, 0.05) is 0 Å². The molecule has 0 radical (unpaired) electrons. The Labute approximate surface area is 74.4 Å². The fourth-order valence-electron chi connectivity index (χ4n) is 0.961. The number of halogens is 3. The van der Waals surface area contributed by atoms with E-state index in [0.29, 0.717) is 5.56 Å². The van der Waals surface area contributed by atoms with Gasteiger partial charge in [0.2, 0.25) is 0 Å². The van der Waals surface area contributed by atoms with Gasteiger partial charge in [0.05, 0.1) is 5.56 Å². The van der Waals surface area contributed by atoms with E-state index in [4.69, 9.17) is 5.73 Å². The predicted molar refractivity (Wildman–Crippen MR) is 44.2 cm³/mol. The van der Waals surface area contributed by atoms with Gasteiger partial charge in [-0.2, -0.15) is 13.2 Å². The molecular weight excluding hydrogens is 179 g/mol. The van der Waals surface area contributed by atoms with Crippen molar-refractivity contribution in [3.8, 4) is 0 Å². The topological polar surface area (TPSA) is 23.8 Å². The minimum atomic E-state index is -4.29. The van der Waals surface area contributed by atoms with Gasteiger partial charge in [0.15, 0.2) is 0 Å². The van der Waals surface area contributed by atoms with Crippen molar-refractivity contribution in [3.63, 3.8) is 0 Å². The zero-order valence-electron chi connectivity index (χ0n) is 7.02. The Balaban J connectivity index is 2.94. The quantitative estimate of drug-likeness (QED) is 0.639. The lowest BCUT2D eigenvalue weighted by molar-refractivity contribution is -0.137. The lowest BCUT2D eigenvalue weighted by Gasteiger charge is -2.14. The molecule has 0 fully saturated rings. The van der Waals surface area contributed by atoms with E-state index in [-0.39, 0.29) is 0 Å². The molecule has 0 amide bonds. The van der Waals surface area contributed by atoms with Crippen LogP contribution in [0, 0.1) is 0 Å². The third-order valence-corrected chi connectivity index (χ3v) is 1.74. The molecule has 1 aromatic carbocycles. The summed E-state index contributed by atoms with van der Waals surface area (Å²) in [6.07, 6.45) is -4.29. The summed E-state index contributed by atoms with van der Waals surface area (Å²) in [5, 5.41) is 0. The smallest absolute Gasteiger partial charge is 0.416 e. The predicted octanol–water partition coefficient (Wildman–Crippen LogP) is 3.82. The highest BCUT2D eigenvalue weighted by Gasteiger charge is 2.29. The minimum Gasteiger partial charge on any atom is -0.671 e. The second-order valence-corrected chi connectivity index (χ2v) is 2.84. The maximum absolute atomic E-state index is 12.1. The molecule has 13 heavy (non-hydrogen) atoms. The van der Waals surface area contributed by atoms with Gasteiger partial charge in [0.25, 0.3) is 0 Å². The first-order chi connectivity index (χ1) is 5.91. The van der Waals surface area contributed by atoms with Crippen molar-refractivity contribution in [1.29, 1.82) is 0 Å². The lowest BCUT2D eigenvalue weighted by Crippen LogP contribution is -2.04. The van der Waals surface area contributed by atoms with Crippen LogP contribution in [0.4, 0.5) is 13.2 Å². The van der Waals surface area contributed by atoms with Crippen LogP contribution in [-0.4, -0.2) is 0 Å². The molecular formula is C9H9F3N-. The van der Waals surface area contributed by atoms with Gasteiger partial charge in [-0.05, 0) is 12.1 Å². The Morgan fingerprint density at radius 2 is 1.62 bits per heavy atom. The summed E-state index contributed by atoms with van der Waals surface area (Å²) in [7, 11) is 0. The molecule has 4 heteroatoms. The molecule has 0 saturated carbocycles. The van der Waals surface area contributed by atoms with Crippen LogP contribution < -0.4 is 0 Å². The second-order valence-electron chi connectivity index (χ2n) is 2.84. The summed E-state index contributed by atoms with van der Waals surface area (Å²) in [4.78, 5) is 0. The first kappa shape index (κ1) is 10.1. The molecule has 1 rings (SSSR count). The van der Waals surface area contributed by atoms with Crippen LogP contribution in [-0.2, 0) is 6.18 Å². The third kappa shape index (κ3) is 2.45. The molecule has 1 aromatic rings. The first-order valence-corrected chi connectivity index (χ1v) is 3.79. The first-order valence-electron chi connectivity index (χ1n) is 3.79. The van der Waals surface area contributed by atoms with E-state index in [1.807, 2.05) is 0 Å². The number of benzene rings is 1. The van der Waals surface area contributed by atoms with Crippen molar-refractivity contribution < 1.29 is 13.2 Å². The highest BCUT2D eigenvalue weighted by molar-refractivity contribution is 5.27. The summed E-state index contributed by atoms with van der Waals surface area (Å²) >= 11 is 0. The molecule has 1 N–H and O–H groups in total. The van der Waals surface area contributed by atoms with Crippen LogP contribution >= 0.6 is 0 Å². The Bertz CT molecular complexity index is 274. The number of rotatable bonds is 1. The third-order valence-electron chi connectivity index (χ3n) is 1.74. The summed E-state index contributed by atoms with van der Waals surface area (Å²) < 4.78 is 36.2. The molecule has 72 valence electrons. The largest absolute Gasteiger partial charge is 0.671 e. The highest BCUT2D eigenvalue weighted by atomic mass is 19.4. The van der Waals surface area contributed by atoms with Gasteiger partial charge >= 0.3 is 6.18 Å². The van der Waals surface area contributed by atoms with Crippen molar-refractivity contribution in [2.45, 2.75) is 19.1 Å². The Kier molecular flexibility index (Phi) is 2.61. The van der Waals surface area contributed by atoms with E-state index < -0.39 is 17.8 Å². The van der Waals surface area contributed by atoms with Crippen LogP contribution in [0.1, 0.15) is 24.1 Å². The zero-order valence-corrected chi connectivity index (χ0v) is 7.02. The summed E-state index contributed by atoms with van der Waals surface area (Å²) in [6.45, 7) is 1.61. The molecule has 0 saturated heterocycles. The van der Waals surface area contributed by atoms with Crippen LogP contribution in [0.15, 0.2) is 24.3 Å². The van der Waals surface area contributed by atoms with Crippen LogP contribution in [0.3, 0.4) is 0 Å². The normalized spacial score (nSPS) is 14.2. The standard InChI is InChI=1S/C9H9F3N/c1-6(13)7-2-4-8(5-3-7)9(10,11)12/h2-6,13H,1H3/q-1/t6-/m0/s1. The molecule has 0 unspecified atom stereocenters. The number of hydrogen-bond acceptors (Lipinski definition) is 0. The van der Waals surface area contributed by atoms with E-state index in [1.54, 1.807) is 6.92 Å². The Hall–Kier alpha value is -1.03. The minimum absolute atomic E-state index is 0.484. The van der Waals surface area contributed by atoms with Crippen molar-refractivity contribution in [3.05, 3.63) is 41.1 Å². The van der Waals surface area contributed by atoms with Gasteiger partial charge in [-0.15, -0.1) is 6.04 Å². The molecule has 0 bridgehead atoms. The van der Waals surface area contributed by atoms with E-state index in [0.717, 1.165) is 12.1 Å². The molecule has 0 aliphatic carbocycles. The Morgan fingerprint density at radius 3 is 1.92 bits per heavy atom. The lowest BCUT2D eigenvalue weighted by atomic mass is 10.1. The number of hydrogen-bond donors (Lipinski definition) is 0. The maximum atomic E-state index is 12.1. The maximum Gasteiger partial charge on any atom is 0.416 e. The van der Waals surface area contributed by atoms with E-state index in [2.05, 4.69) is 0 Å². The molecule has 0 spiro atoms. The Morgan fingerprint density at radius 1 is 1.15 bits per heavy atom. The van der Waals surface area contributed by atoms with Crippen molar-refractivity contribution in [2.75, 3.05) is 0 Å². The summed E-state index contributed by atoms with van der Waals surface area (Å²) in [5.41, 5.74) is 7.19. The average Bonchev–Trinajstić information content (AvgIpc) is 2.03. The molecule has 0 heterocycles. The summed E-state index contributed by atoms with van der Waals surface area (Å²) in [6, 6.07) is 4.18. The van der Waals surface area contributed by atoms with Gasteiger partial charge in [-0.25, -0.2) is 0 Å². The van der Waals surface area contributed by atoms with Gasteiger partial charge in [-0.1, -0.05) is 24.6 Å². The van der Waals surface area contributed by atoms with Gasteiger partial charge in [-0.3, -0.25) is 0 Å². The van der Waals surface area contributed by atoms with Crippen molar-refractivity contribution in [2.24, 2.45) is 0 Å². The highest BCUT2D eigenvalue weighted by Crippen LogP contribution is 2.30. The number of alkyl halides is 3. The van der Waals surface area contributed by atoms with Crippen molar-refractivity contribution >= 4 is 0 Å². The fourth-order valence-corrected chi connectivity index (χ4v) is 0.961. The van der Waals surface area contributed by atoms with Crippen LogP contribution in [0.5, 0.6) is 0 Å². The molecule has 0 aliphatic rings. The van der Waals surface area contributed by atoms with Gasteiger partial charge < -0.3 is 5.73 Å². The fraction of sp³-hybridized carbons (Fsp3) is 0.333. The van der Waals surface area contributed by atoms with E-state index in [1.165, 1.54) is 12.1 Å². The molecule has 1 nitrogen and oxygen atoms in total. The van der Waals surface area contributed by atoms with Gasteiger partial charge in [0.1, 0.15) is 0 Å². The molecule has 0 aromatic heterocycles.